The number of aromatic nitrogens is 1. The van der Waals surface area contributed by atoms with Gasteiger partial charge in [-0.15, -0.1) is 0 Å². The van der Waals surface area contributed by atoms with Crippen molar-refractivity contribution < 1.29 is 13.2 Å². The van der Waals surface area contributed by atoms with Crippen molar-refractivity contribution in [1.29, 1.82) is 0 Å². The van der Waals surface area contributed by atoms with Crippen molar-refractivity contribution in [1.82, 2.24) is 4.98 Å². The fourth-order valence-corrected chi connectivity index (χ4v) is 1.80. The Hall–Kier alpha value is -1.88. The fraction of sp³-hybridized carbons (Fsp3) is 0.214. The van der Waals surface area contributed by atoms with Crippen molar-refractivity contribution in [3.63, 3.8) is 0 Å². The summed E-state index contributed by atoms with van der Waals surface area (Å²) < 4.78 is 40.1. The van der Waals surface area contributed by atoms with Crippen LogP contribution in [0.5, 0.6) is 0 Å². The minimum atomic E-state index is -0.694. The van der Waals surface area contributed by atoms with Gasteiger partial charge in [0, 0.05) is 28.9 Å². The second kappa shape index (κ2) is 5.40. The Morgan fingerprint density at radius 2 is 1.95 bits per heavy atom. The summed E-state index contributed by atoms with van der Waals surface area (Å²) in [6.45, 7) is 0.885. The molecule has 5 heteroatoms. The van der Waals surface area contributed by atoms with Crippen molar-refractivity contribution >= 4 is 0 Å². The van der Waals surface area contributed by atoms with Gasteiger partial charge in [-0.1, -0.05) is 6.07 Å². The van der Waals surface area contributed by atoms with Gasteiger partial charge in [0.25, 0.3) is 0 Å². The van der Waals surface area contributed by atoms with Crippen molar-refractivity contribution in [2.45, 2.75) is 19.6 Å². The third kappa shape index (κ3) is 2.76. The minimum absolute atomic E-state index is 0.0832. The Labute approximate surface area is 109 Å². The average Bonchev–Trinajstić information content (AvgIpc) is 2.41. The molecule has 0 saturated heterocycles. The standard InChI is InChI=1S/C14H13F3N2/c1-8(18)11-4-14(17)12(5-13(11)16)9-2-3-10(6-15)19-7-9/h2-5,7-8H,6,18H2,1H3/t8-/m0/s1. The maximum Gasteiger partial charge on any atom is 0.131 e. The summed E-state index contributed by atoms with van der Waals surface area (Å²) in [6.07, 6.45) is 1.32. The van der Waals surface area contributed by atoms with Gasteiger partial charge in [-0.25, -0.2) is 13.2 Å². The Morgan fingerprint density at radius 1 is 1.21 bits per heavy atom. The molecule has 0 amide bonds. The number of benzene rings is 1. The quantitative estimate of drug-likeness (QED) is 0.923. The van der Waals surface area contributed by atoms with Crippen molar-refractivity contribution in [2.75, 3.05) is 0 Å². The summed E-state index contributed by atoms with van der Waals surface area (Å²) in [5, 5.41) is 0. The molecule has 0 fully saturated rings. The highest BCUT2D eigenvalue weighted by molar-refractivity contribution is 5.64. The number of nitrogens with two attached hydrogens (primary N) is 1. The second-order valence-corrected chi connectivity index (χ2v) is 4.31. The maximum atomic E-state index is 13.9. The topological polar surface area (TPSA) is 38.9 Å². The van der Waals surface area contributed by atoms with E-state index < -0.39 is 24.4 Å². The van der Waals surface area contributed by atoms with E-state index in [0.717, 1.165) is 12.1 Å². The van der Waals surface area contributed by atoms with Crippen LogP contribution in [-0.4, -0.2) is 4.98 Å². The van der Waals surface area contributed by atoms with Gasteiger partial charge < -0.3 is 5.73 Å². The smallest absolute Gasteiger partial charge is 0.131 e. The summed E-state index contributed by atoms with van der Waals surface area (Å²) in [5.74, 6) is -1.15. The monoisotopic (exact) mass is 266 g/mol. The number of hydrogen-bond donors (Lipinski definition) is 1. The molecule has 2 aromatic rings. The summed E-state index contributed by atoms with van der Waals surface area (Å²) in [5.41, 5.74) is 6.39. The molecule has 0 radical (unpaired) electrons. The lowest BCUT2D eigenvalue weighted by molar-refractivity contribution is 0.476. The van der Waals surface area contributed by atoms with Crippen molar-refractivity contribution in [3.8, 4) is 11.1 Å². The van der Waals surface area contributed by atoms with Gasteiger partial charge in [0.15, 0.2) is 0 Å². The van der Waals surface area contributed by atoms with E-state index in [0.29, 0.717) is 5.56 Å². The van der Waals surface area contributed by atoms with Gasteiger partial charge in [-0.05, 0) is 25.1 Å². The summed E-state index contributed by atoms with van der Waals surface area (Å²) in [7, 11) is 0. The maximum absolute atomic E-state index is 13.9. The van der Waals surface area contributed by atoms with Gasteiger partial charge in [-0.3, -0.25) is 4.98 Å². The number of pyridine rings is 1. The molecule has 2 N–H and O–H groups in total. The summed E-state index contributed by atoms with van der Waals surface area (Å²) in [4.78, 5) is 3.81. The highest BCUT2D eigenvalue weighted by Gasteiger charge is 2.14. The van der Waals surface area contributed by atoms with Gasteiger partial charge in [0.1, 0.15) is 18.3 Å². The number of hydrogen-bond acceptors (Lipinski definition) is 2. The molecule has 0 unspecified atom stereocenters. The molecule has 1 aromatic carbocycles. The highest BCUT2D eigenvalue weighted by Crippen LogP contribution is 2.27. The molecule has 2 rings (SSSR count). The first kappa shape index (κ1) is 13.5. The van der Waals surface area contributed by atoms with Crippen LogP contribution in [0.1, 0.15) is 24.2 Å². The molecule has 0 spiro atoms. The van der Waals surface area contributed by atoms with Crippen LogP contribution in [0.2, 0.25) is 0 Å². The van der Waals surface area contributed by atoms with Gasteiger partial charge in [0.05, 0.1) is 5.69 Å². The number of nitrogens with zero attached hydrogens (tertiary/aromatic N) is 1. The largest absolute Gasteiger partial charge is 0.324 e. The normalized spacial score (nSPS) is 12.5. The Bertz CT molecular complexity index is 580. The molecule has 0 aliphatic heterocycles. The first-order valence-corrected chi connectivity index (χ1v) is 5.78. The fourth-order valence-electron chi connectivity index (χ4n) is 1.80. The van der Waals surface area contributed by atoms with Crippen LogP contribution in [0.3, 0.4) is 0 Å². The minimum Gasteiger partial charge on any atom is -0.324 e. The third-order valence-corrected chi connectivity index (χ3v) is 2.85. The lowest BCUT2D eigenvalue weighted by Gasteiger charge is -2.10. The van der Waals surface area contributed by atoms with Crippen LogP contribution in [0.15, 0.2) is 30.5 Å². The zero-order valence-electron chi connectivity index (χ0n) is 10.3. The van der Waals surface area contributed by atoms with Gasteiger partial charge >= 0.3 is 0 Å². The molecule has 1 aromatic heterocycles. The molecule has 2 nitrogen and oxygen atoms in total. The molecular formula is C14H13F3N2. The van der Waals surface area contributed by atoms with E-state index in [1.54, 1.807) is 6.92 Å². The number of alkyl halides is 1. The average molecular weight is 266 g/mol. The first-order valence-electron chi connectivity index (χ1n) is 5.78. The van der Waals surface area contributed by atoms with Crippen molar-refractivity contribution in [2.24, 2.45) is 5.73 Å². The van der Waals surface area contributed by atoms with E-state index in [2.05, 4.69) is 4.98 Å². The number of rotatable bonds is 3. The van der Waals surface area contributed by atoms with E-state index in [1.807, 2.05) is 0 Å². The Balaban J connectivity index is 2.47. The molecule has 0 aliphatic rings. The molecule has 0 saturated carbocycles. The van der Waals surface area contributed by atoms with E-state index in [9.17, 15) is 13.2 Å². The molecule has 1 atom stereocenters. The van der Waals surface area contributed by atoms with Crippen LogP contribution in [0, 0.1) is 11.6 Å². The van der Waals surface area contributed by atoms with Crippen LogP contribution in [0.25, 0.3) is 11.1 Å². The molecule has 1 heterocycles. The molecule has 0 bridgehead atoms. The number of halogens is 3. The van der Waals surface area contributed by atoms with E-state index in [4.69, 9.17) is 5.73 Å². The summed E-state index contributed by atoms with van der Waals surface area (Å²) >= 11 is 0. The first-order chi connectivity index (χ1) is 9.02. The SMILES string of the molecule is C[C@H](N)c1cc(F)c(-c2ccc(CF)nc2)cc1F. The van der Waals surface area contributed by atoms with E-state index in [1.165, 1.54) is 18.3 Å². The van der Waals surface area contributed by atoms with Crippen LogP contribution in [0.4, 0.5) is 13.2 Å². The van der Waals surface area contributed by atoms with E-state index in [-0.39, 0.29) is 16.8 Å². The van der Waals surface area contributed by atoms with Crippen LogP contribution in [-0.2, 0) is 6.67 Å². The summed E-state index contributed by atoms with van der Waals surface area (Å²) in [6, 6.07) is 4.52. The predicted molar refractivity (Wildman–Crippen MR) is 67.0 cm³/mol. The Kier molecular flexibility index (Phi) is 3.85. The lowest BCUT2D eigenvalue weighted by atomic mass is 10.0. The zero-order chi connectivity index (χ0) is 14.0. The van der Waals surface area contributed by atoms with Crippen molar-refractivity contribution in [3.05, 3.63) is 53.4 Å². The predicted octanol–water partition coefficient (Wildman–Crippen LogP) is 3.52. The Morgan fingerprint density at radius 3 is 2.47 bits per heavy atom. The van der Waals surface area contributed by atoms with Gasteiger partial charge in [-0.2, -0.15) is 0 Å². The van der Waals surface area contributed by atoms with Crippen LogP contribution < -0.4 is 5.73 Å². The molecule has 100 valence electrons. The second-order valence-electron chi connectivity index (χ2n) is 4.31. The molecular weight excluding hydrogens is 253 g/mol. The highest BCUT2D eigenvalue weighted by atomic mass is 19.1. The molecule has 19 heavy (non-hydrogen) atoms. The van der Waals surface area contributed by atoms with E-state index >= 15 is 0 Å². The molecule has 0 aliphatic carbocycles. The zero-order valence-corrected chi connectivity index (χ0v) is 10.3. The van der Waals surface area contributed by atoms with Crippen LogP contribution >= 0.6 is 0 Å². The van der Waals surface area contributed by atoms with Gasteiger partial charge in [0.2, 0.25) is 0 Å². The lowest BCUT2D eigenvalue weighted by Crippen LogP contribution is -2.08. The third-order valence-electron chi connectivity index (χ3n) is 2.85.